The molecule has 0 aliphatic rings. The minimum Gasteiger partial charge on any atom is -0.382 e. The van der Waals surface area contributed by atoms with E-state index in [4.69, 9.17) is 28.4 Å². The maximum absolute atomic E-state index is 12.0. The molecule has 0 fully saturated rings. The molecule has 0 aromatic rings. The van der Waals surface area contributed by atoms with Gasteiger partial charge in [-0.3, -0.25) is 4.79 Å². The van der Waals surface area contributed by atoms with E-state index in [-0.39, 0.29) is 11.7 Å². The average molecular weight is 450 g/mol. The van der Waals surface area contributed by atoms with Gasteiger partial charge in [-0.1, -0.05) is 6.42 Å². The molecule has 0 aromatic carbocycles. The van der Waals surface area contributed by atoms with Crippen LogP contribution in [0.3, 0.4) is 0 Å². The van der Waals surface area contributed by atoms with Crippen LogP contribution in [0.4, 0.5) is 0 Å². The summed E-state index contributed by atoms with van der Waals surface area (Å²) in [6, 6.07) is 0. The minimum atomic E-state index is 0.0737. The van der Waals surface area contributed by atoms with Gasteiger partial charge in [0.1, 0.15) is 5.78 Å². The van der Waals surface area contributed by atoms with E-state index in [2.05, 4.69) is 0 Å². The fourth-order valence-corrected chi connectivity index (χ4v) is 2.50. The molecule has 0 bridgehead atoms. The maximum Gasteiger partial charge on any atom is 0.224 e. The van der Waals surface area contributed by atoms with Crippen LogP contribution in [-0.2, 0) is 38.0 Å². The number of Topliss-reactive ketones (excluding diaryl/α,β-unsaturated/α-hetero) is 1. The highest BCUT2D eigenvalue weighted by molar-refractivity contribution is 5.76. The SMILES string of the molecule is COCCOCCOCCOCCOCCOCCC(=O)N(C)CCCCCC(C)=O. The Hall–Kier alpha value is -1.10. The number of rotatable bonds is 24. The van der Waals surface area contributed by atoms with Crippen LogP contribution < -0.4 is 0 Å². The first-order chi connectivity index (χ1) is 15.1. The van der Waals surface area contributed by atoms with Crippen molar-refractivity contribution in [3.63, 3.8) is 0 Å². The van der Waals surface area contributed by atoms with Gasteiger partial charge in [0, 0.05) is 27.1 Å². The zero-order chi connectivity index (χ0) is 23.0. The number of carbonyl (C=O) groups excluding carboxylic acids is 2. The summed E-state index contributed by atoms with van der Waals surface area (Å²) in [5, 5.41) is 0. The van der Waals surface area contributed by atoms with Crippen molar-refractivity contribution in [2.45, 2.75) is 39.0 Å². The molecule has 0 N–H and O–H groups in total. The van der Waals surface area contributed by atoms with Gasteiger partial charge in [0.2, 0.25) is 5.91 Å². The number of ether oxygens (including phenoxy) is 6. The van der Waals surface area contributed by atoms with Crippen molar-refractivity contribution in [3.05, 3.63) is 0 Å². The Bertz CT molecular complexity index is 422. The number of ketones is 1. The summed E-state index contributed by atoms with van der Waals surface area (Å²) in [7, 11) is 3.44. The molecule has 0 atom stereocenters. The quantitative estimate of drug-likeness (QED) is 0.206. The lowest BCUT2D eigenvalue weighted by atomic mass is 10.1. The largest absolute Gasteiger partial charge is 0.382 e. The average Bonchev–Trinajstić information content (AvgIpc) is 2.75. The van der Waals surface area contributed by atoms with Gasteiger partial charge in [-0.15, -0.1) is 0 Å². The van der Waals surface area contributed by atoms with Crippen LogP contribution in [-0.4, -0.2) is 110 Å². The molecule has 0 radical (unpaired) electrons. The monoisotopic (exact) mass is 449 g/mol. The molecule has 0 saturated heterocycles. The van der Waals surface area contributed by atoms with Crippen molar-refractivity contribution < 1.29 is 38.0 Å². The van der Waals surface area contributed by atoms with Crippen LogP contribution in [0.1, 0.15) is 39.0 Å². The second-order valence-corrected chi connectivity index (χ2v) is 7.13. The number of unbranched alkanes of at least 4 members (excludes halogenated alkanes) is 2. The Morgan fingerprint density at radius 1 is 0.613 bits per heavy atom. The highest BCUT2D eigenvalue weighted by Crippen LogP contribution is 2.02. The van der Waals surface area contributed by atoms with E-state index in [1.54, 1.807) is 26.0 Å². The van der Waals surface area contributed by atoms with E-state index >= 15 is 0 Å². The van der Waals surface area contributed by atoms with Crippen molar-refractivity contribution in [2.75, 3.05) is 93.4 Å². The van der Waals surface area contributed by atoms with E-state index < -0.39 is 0 Å². The summed E-state index contributed by atoms with van der Waals surface area (Å²) in [5.41, 5.74) is 0. The smallest absolute Gasteiger partial charge is 0.224 e. The van der Waals surface area contributed by atoms with Crippen LogP contribution in [0.15, 0.2) is 0 Å². The highest BCUT2D eigenvalue weighted by atomic mass is 16.6. The number of hydrogen-bond acceptors (Lipinski definition) is 8. The first-order valence-electron chi connectivity index (χ1n) is 11.2. The van der Waals surface area contributed by atoms with E-state index in [9.17, 15) is 9.59 Å². The fraction of sp³-hybridized carbons (Fsp3) is 0.909. The number of amides is 1. The van der Waals surface area contributed by atoms with Crippen LogP contribution in [0, 0.1) is 0 Å². The van der Waals surface area contributed by atoms with Gasteiger partial charge in [0.15, 0.2) is 0 Å². The van der Waals surface area contributed by atoms with Crippen molar-refractivity contribution in [1.29, 1.82) is 0 Å². The zero-order valence-electron chi connectivity index (χ0n) is 19.7. The van der Waals surface area contributed by atoms with Gasteiger partial charge in [-0.05, 0) is 19.8 Å². The fourth-order valence-electron chi connectivity index (χ4n) is 2.50. The predicted molar refractivity (Wildman–Crippen MR) is 117 cm³/mol. The van der Waals surface area contributed by atoms with Crippen molar-refractivity contribution in [1.82, 2.24) is 4.90 Å². The maximum atomic E-state index is 12.0. The van der Waals surface area contributed by atoms with Crippen molar-refractivity contribution in [2.24, 2.45) is 0 Å². The standard InChI is InChI=1S/C22H43NO8/c1-21(24)7-5-4-6-9-23(2)22(25)8-10-27-13-14-29-17-18-31-20-19-30-16-15-28-12-11-26-3/h4-20H2,1-3H3. The third-order valence-corrected chi connectivity index (χ3v) is 4.33. The molecule has 0 saturated carbocycles. The van der Waals surface area contributed by atoms with Crippen molar-refractivity contribution in [3.8, 4) is 0 Å². The molecule has 0 aromatic heterocycles. The molecule has 0 aliphatic carbocycles. The summed E-state index contributed by atoms with van der Waals surface area (Å²) in [5.74, 6) is 0.295. The lowest BCUT2D eigenvalue weighted by Crippen LogP contribution is -2.28. The van der Waals surface area contributed by atoms with E-state index in [1.807, 2.05) is 0 Å². The molecule has 0 rings (SSSR count). The number of carbonyl (C=O) groups is 2. The molecular weight excluding hydrogens is 406 g/mol. The Morgan fingerprint density at radius 3 is 1.52 bits per heavy atom. The molecule has 1 amide bonds. The first kappa shape index (κ1) is 29.9. The lowest BCUT2D eigenvalue weighted by Gasteiger charge is -2.17. The molecule has 9 heteroatoms. The summed E-state index contributed by atoms with van der Waals surface area (Å²) in [6.45, 7) is 7.94. The van der Waals surface area contributed by atoms with Gasteiger partial charge in [-0.25, -0.2) is 0 Å². The molecule has 0 unspecified atom stereocenters. The third kappa shape index (κ3) is 23.4. The lowest BCUT2D eigenvalue weighted by molar-refractivity contribution is -0.131. The van der Waals surface area contributed by atoms with Gasteiger partial charge in [-0.2, -0.15) is 0 Å². The Morgan fingerprint density at radius 2 is 1.06 bits per heavy atom. The molecule has 184 valence electrons. The van der Waals surface area contributed by atoms with E-state index in [1.165, 1.54) is 0 Å². The Kier molecular flexibility index (Phi) is 22.7. The topological polar surface area (TPSA) is 92.8 Å². The molecule has 0 spiro atoms. The number of hydrogen-bond donors (Lipinski definition) is 0. The highest BCUT2D eigenvalue weighted by Gasteiger charge is 2.08. The second kappa shape index (κ2) is 23.6. The Balaban J connectivity index is 3.26. The minimum absolute atomic E-state index is 0.0737. The molecule has 9 nitrogen and oxygen atoms in total. The van der Waals surface area contributed by atoms with Gasteiger partial charge < -0.3 is 38.1 Å². The van der Waals surface area contributed by atoms with Crippen LogP contribution in [0.5, 0.6) is 0 Å². The van der Waals surface area contributed by atoms with Gasteiger partial charge in [0.05, 0.1) is 79.1 Å². The first-order valence-corrected chi connectivity index (χ1v) is 11.2. The molecule has 31 heavy (non-hydrogen) atoms. The predicted octanol–water partition coefficient (Wildman–Crippen LogP) is 1.71. The van der Waals surface area contributed by atoms with E-state index in [0.717, 1.165) is 19.3 Å². The van der Waals surface area contributed by atoms with Gasteiger partial charge >= 0.3 is 0 Å². The summed E-state index contributed by atoms with van der Waals surface area (Å²) in [4.78, 5) is 24.6. The van der Waals surface area contributed by atoms with E-state index in [0.29, 0.717) is 92.1 Å². The second-order valence-electron chi connectivity index (χ2n) is 7.13. The summed E-state index contributed by atoms with van der Waals surface area (Å²) < 4.78 is 31.8. The molecule has 0 aliphatic heterocycles. The summed E-state index contributed by atoms with van der Waals surface area (Å²) in [6.07, 6.45) is 3.77. The molecular formula is C22H43NO8. The third-order valence-electron chi connectivity index (χ3n) is 4.33. The number of methoxy groups -OCH3 is 1. The van der Waals surface area contributed by atoms with Crippen LogP contribution in [0.25, 0.3) is 0 Å². The van der Waals surface area contributed by atoms with Crippen LogP contribution >= 0.6 is 0 Å². The van der Waals surface area contributed by atoms with Gasteiger partial charge in [0.25, 0.3) is 0 Å². The van der Waals surface area contributed by atoms with Crippen molar-refractivity contribution >= 4 is 11.7 Å². The van der Waals surface area contributed by atoms with Crippen LogP contribution in [0.2, 0.25) is 0 Å². The Labute approximate surface area is 187 Å². The zero-order valence-corrected chi connectivity index (χ0v) is 19.7. The normalized spacial score (nSPS) is 11.1. The summed E-state index contributed by atoms with van der Waals surface area (Å²) >= 11 is 0. The number of nitrogens with zero attached hydrogens (tertiary/aromatic N) is 1. The molecule has 0 heterocycles.